The SMILES string of the molecule is COC[C@@]1(C)CCCCN1Cc1cc(Nc2nc(C)cn3c(-c4cn[nH]c4)cnc23)sn1. The van der Waals surface area contributed by atoms with Crippen molar-refractivity contribution in [2.45, 2.75) is 45.2 Å². The number of aromatic amines is 1. The molecule has 0 aliphatic carbocycles. The molecule has 2 N–H and O–H groups in total. The molecule has 1 aliphatic rings. The van der Waals surface area contributed by atoms with Gasteiger partial charge in [0.05, 0.1) is 36.1 Å². The minimum atomic E-state index is 0.0633. The van der Waals surface area contributed by atoms with Crippen LogP contribution in [0.25, 0.3) is 16.9 Å². The molecule has 0 saturated carbocycles. The van der Waals surface area contributed by atoms with Gasteiger partial charge in [-0.25, -0.2) is 9.97 Å². The van der Waals surface area contributed by atoms with Crippen LogP contribution in [0.15, 0.2) is 30.9 Å². The summed E-state index contributed by atoms with van der Waals surface area (Å²) < 4.78 is 12.3. The monoisotopic (exact) mass is 452 g/mol. The molecule has 5 rings (SSSR count). The number of anilines is 2. The molecule has 32 heavy (non-hydrogen) atoms. The van der Waals surface area contributed by atoms with E-state index in [0.717, 1.165) is 65.2 Å². The lowest BCUT2D eigenvalue weighted by molar-refractivity contribution is -0.0106. The number of piperidine rings is 1. The van der Waals surface area contributed by atoms with Crippen molar-refractivity contribution < 1.29 is 4.74 Å². The van der Waals surface area contributed by atoms with E-state index >= 15 is 0 Å². The van der Waals surface area contributed by atoms with Crippen LogP contribution >= 0.6 is 11.5 Å². The average Bonchev–Trinajstić information content (AvgIpc) is 3.51. The Morgan fingerprint density at radius 2 is 2.22 bits per heavy atom. The van der Waals surface area contributed by atoms with Crippen LogP contribution in [0.5, 0.6) is 0 Å². The molecule has 168 valence electrons. The maximum atomic E-state index is 5.52. The second kappa shape index (κ2) is 8.61. The zero-order valence-electron chi connectivity index (χ0n) is 18.6. The molecule has 0 spiro atoms. The van der Waals surface area contributed by atoms with Gasteiger partial charge < -0.3 is 10.1 Å². The summed E-state index contributed by atoms with van der Waals surface area (Å²) in [5.74, 6) is 0.720. The van der Waals surface area contributed by atoms with Crippen molar-refractivity contribution in [1.82, 2.24) is 33.8 Å². The van der Waals surface area contributed by atoms with Gasteiger partial charge in [-0.2, -0.15) is 9.47 Å². The Bertz CT molecular complexity index is 1200. The molecule has 5 heterocycles. The highest BCUT2D eigenvalue weighted by molar-refractivity contribution is 7.10. The lowest BCUT2D eigenvalue weighted by atomic mass is 9.89. The van der Waals surface area contributed by atoms with Crippen LogP contribution < -0.4 is 5.32 Å². The third-order valence-corrected chi connectivity index (χ3v) is 6.91. The number of likely N-dealkylation sites (tertiary alicyclic amines) is 1. The van der Waals surface area contributed by atoms with Crippen molar-refractivity contribution in [3.8, 4) is 11.3 Å². The van der Waals surface area contributed by atoms with Crippen molar-refractivity contribution in [2.24, 2.45) is 0 Å². The fourth-order valence-electron chi connectivity index (χ4n) is 4.54. The number of imidazole rings is 1. The van der Waals surface area contributed by atoms with E-state index in [-0.39, 0.29) is 5.54 Å². The van der Waals surface area contributed by atoms with Crippen molar-refractivity contribution in [2.75, 3.05) is 25.6 Å². The maximum absolute atomic E-state index is 5.52. The highest BCUT2D eigenvalue weighted by atomic mass is 32.1. The van der Waals surface area contributed by atoms with Crippen LogP contribution in [-0.2, 0) is 11.3 Å². The summed E-state index contributed by atoms with van der Waals surface area (Å²) in [4.78, 5) is 11.8. The Kier molecular flexibility index (Phi) is 5.66. The minimum Gasteiger partial charge on any atom is -0.383 e. The molecule has 1 aliphatic heterocycles. The molecule has 1 atom stereocenters. The van der Waals surface area contributed by atoms with Crippen LogP contribution in [0.3, 0.4) is 0 Å². The summed E-state index contributed by atoms with van der Waals surface area (Å²) in [6, 6.07) is 2.12. The van der Waals surface area contributed by atoms with E-state index in [2.05, 4.69) is 38.4 Å². The van der Waals surface area contributed by atoms with Crippen molar-refractivity contribution in [3.05, 3.63) is 42.2 Å². The smallest absolute Gasteiger partial charge is 0.180 e. The number of fused-ring (bicyclic) bond motifs is 1. The molecule has 1 fully saturated rings. The normalized spacial score (nSPS) is 19.6. The summed E-state index contributed by atoms with van der Waals surface area (Å²) in [7, 11) is 1.78. The lowest BCUT2D eigenvalue weighted by Crippen LogP contribution is -2.52. The number of ether oxygens (including phenoxy) is 1. The van der Waals surface area contributed by atoms with E-state index in [4.69, 9.17) is 14.1 Å². The lowest BCUT2D eigenvalue weighted by Gasteiger charge is -2.44. The number of aromatic nitrogens is 6. The van der Waals surface area contributed by atoms with E-state index < -0.39 is 0 Å². The average molecular weight is 453 g/mol. The number of hydrogen-bond acceptors (Lipinski definition) is 8. The molecule has 0 bridgehead atoms. The van der Waals surface area contributed by atoms with Gasteiger partial charge in [-0.1, -0.05) is 6.42 Å². The fraction of sp³-hybridized carbons (Fsp3) is 0.455. The minimum absolute atomic E-state index is 0.0633. The molecule has 0 aromatic carbocycles. The Hall–Kier alpha value is -2.82. The Labute approximate surface area is 191 Å². The van der Waals surface area contributed by atoms with E-state index in [1.165, 1.54) is 24.4 Å². The van der Waals surface area contributed by atoms with Gasteiger partial charge in [-0.3, -0.25) is 14.4 Å². The van der Waals surface area contributed by atoms with E-state index in [9.17, 15) is 0 Å². The van der Waals surface area contributed by atoms with Crippen LogP contribution in [0.1, 0.15) is 37.6 Å². The molecule has 0 unspecified atom stereocenters. The third-order valence-electron chi connectivity index (χ3n) is 6.17. The van der Waals surface area contributed by atoms with Gasteiger partial charge in [0, 0.05) is 37.2 Å². The molecule has 0 radical (unpaired) electrons. The highest BCUT2D eigenvalue weighted by Gasteiger charge is 2.34. The second-order valence-corrected chi connectivity index (χ2v) is 9.48. The van der Waals surface area contributed by atoms with Gasteiger partial charge in [-0.05, 0) is 50.8 Å². The number of nitrogens with zero attached hydrogens (tertiary/aromatic N) is 6. The fourth-order valence-corrected chi connectivity index (χ4v) is 5.19. The van der Waals surface area contributed by atoms with Gasteiger partial charge in [-0.15, -0.1) is 0 Å². The summed E-state index contributed by atoms with van der Waals surface area (Å²) in [5, 5.41) is 11.3. The first-order valence-electron chi connectivity index (χ1n) is 10.9. The van der Waals surface area contributed by atoms with E-state index in [1.54, 1.807) is 13.3 Å². The zero-order valence-corrected chi connectivity index (χ0v) is 19.4. The molecule has 0 amide bonds. The van der Waals surface area contributed by atoms with Gasteiger partial charge in [0.2, 0.25) is 0 Å². The number of aryl methyl sites for hydroxylation is 1. The van der Waals surface area contributed by atoms with Crippen molar-refractivity contribution in [3.63, 3.8) is 0 Å². The summed E-state index contributed by atoms with van der Waals surface area (Å²) in [6.45, 7) is 6.92. The number of hydrogen-bond donors (Lipinski definition) is 2. The molecule has 4 aromatic heterocycles. The van der Waals surface area contributed by atoms with Crippen molar-refractivity contribution >= 4 is 28.0 Å². The summed E-state index contributed by atoms with van der Waals surface area (Å²) in [6.07, 6.45) is 11.1. The Morgan fingerprint density at radius 1 is 1.31 bits per heavy atom. The largest absolute Gasteiger partial charge is 0.383 e. The number of rotatable bonds is 7. The van der Waals surface area contributed by atoms with Gasteiger partial charge in [0.15, 0.2) is 11.5 Å². The number of nitrogens with one attached hydrogen (secondary N) is 2. The van der Waals surface area contributed by atoms with Crippen molar-refractivity contribution in [1.29, 1.82) is 0 Å². The van der Waals surface area contributed by atoms with Gasteiger partial charge >= 0.3 is 0 Å². The summed E-state index contributed by atoms with van der Waals surface area (Å²) in [5.41, 5.74) is 4.74. The first-order valence-corrected chi connectivity index (χ1v) is 11.6. The van der Waals surface area contributed by atoms with Crippen LogP contribution in [0.2, 0.25) is 0 Å². The van der Waals surface area contributed by atoms with Crippen LogP contribution in [-0.4, -0.2) is 59.6 Å². The zero-order chi connectivity index (χ0) is 22.1. The highest BCUT2D eigenvalue weighted by Crippen LogP contribution is 2.32. The molecule has 10 heteroatoms. The van der Waals surface area contributed by atoms with Gasteiger partial charge in [0.25, 0.3) is 0 Å². The Morgan fingerprint density at radius 3 is 3.03 bits per heavy atom. The quantitative estimate of drug-likeness (QED) is 0.437. The molecule has 4 aromatic rings. The standard InChI is InChI=1S/C22H28N8OS/c1-15-12-30-18(16-9-24-25-10-16)11-23-21(30)20(26-15)27-19-8-17(28-32-19)13-29-7-5-4-6-22(29,2)14-31-3/h8-12H,4-7,13-14H2,1-3H3,(H,24,25)(H,26,27)/t22-/m1/s1. The predicted molar refractivity (Wildman–Crippen MR) is 125 cm³/mol. The molecule has 9 nitrogen and oxygen atoms in total. The third kappa shape index (κ3) is 4.01. The Balaban J connectivity index is 1.38. The first kappa shape index (κ1) is 21.0. The van der Waals surface area contributed by atoms with Gasteiger partial charge in [0.1, 0.15) is 5.00 Å². The topological polar surface area (TPSA) is 96.3 Å². The number of methoxy groups -OCH3 is 1. The predicted octanol–water partition coefficient (Wildman–Crippen LogP) is 4.02. The van der Waals surface area contributed by atoms with E-state index in [1.807, 2.05) is 29.9 Å². The van der Waals surface area contributed by atoms with E-state index in [0.29, 0.717) is 0 Å². The molecular formula is C22H28N8OS. The van der Waals surface area contributed by atoms with Crippen LogP contribution in [0.4, 0.5) is 10.8 Å². The second-order valence-electron chi connectivity index (χ2n) is 8.67. The maximum Gasteiger partial charge on any atom is 0.180 e. The molecule has 1 saturated heterocycles. The van der Waals surface area contributed by atoms with Crippen LogP contribution in [0, 0.1) is 6.92 Å². The number of H-pyrrole nitrogens is 1. The first-order chi connectivity index (χ1) is 15.6. The molecular weight excluding hydrogens is 424 g/mol. The summed E-state index contributed by atoms with van der Waals surface area (Å²) >= 11 is 1.45.